The van der Waals surface area contributed by atoms with Gasteiger partial charge in [-0.25, -0.2) is 18.2 Å². The largest absolute Gasteiger partial charge is 0.378 e. The van der Waals surface area contributed by atoms with E-state index in [9.17, 15) is 13.2 Å². The maximum absolute atomic E-state index is 13.7. The van der Waals surface area contributed by atoms with Crippen LogP contribution in [0.1, 0.15) is 10.6 Å². The molecule has 0 saturated heterocycles. The number of benzene rings is 1. The monoisotopic (exact) mass is 302 g/mol. The Balaban J connectivity index is 2.50. The van der Waals surface area contributed by atoms with E-state index < -0.39 is 17.5 Å². The molecule has 0 spiro atoms. The van der Waals surface area contributed by atoms with E-state index in [2.05, 4.69) is 10.3 Å². The molecule has 1 N–H and O–H groups in total. The third kappa shape index (κ3) is 3.00. The first-order chi connectivity index (χ1) is 9.56. The summed E-state index contributed by atoms with van der Waals surface area (Å²) in [6, 6.07) is 1.29. The third-order valence-corrected chi connectivity index (χ3v) is 3.73. The van der Waals surface area contributed by atoms with Crippen molar-refractivity contribution in [3.63, 3.8) is 0 Å². The van der Waals surface area contributed by atoms with Crippen LogP contribution in [-0.2, 0) is 17.9 Å². The minimum absolute atomic E-state index is 0.178. The molecule has 2 rings (SSSR count). The Morgan fingerprint density at radius 1 is 1.25 bits per heavy atom. The molecule has 1 aromatic carbocycles. The van der Waals surface area contributed by atoms with Gasteiger partial charge in [-0.3, -0.25) is 0 Å². The van der Waals surface area contributed by atoms with Crippen molar-refractivity contribution in [1.29, 1.82) is 0 Å². The van der Waals surface area contributed by atoms with Crippen molar-refractivity contribution >= 4 is 11.3 Å². The Bertz CT molecular complexity index is 569. The van der Waals surface area contributed by atoms with Gasteiger partial charge in [-0.1, -0.05) is 0 Å². The number of halogens is 3. The van der Waals surface area contributed by atoms with Gasteiger partial charge in [0.1, 0.15) is 22.5 Å². The van der Waals surface area contributed by atoms with Gasteiger partial charge in [-0.2, -0.15) is 0 Å². The van der Waals surface area contributed by atoms with Gasteiger partial charge in [-0.05, 0) is 7.05 Å². The molecule has 0 radical (unpaired) electrons. The minimum Gasteiger partial charge on any atom is -0.378 e. The highest BCUT2D eigenvalue weighted by atomic mass is 32.1. The average Bonchev–Trinajstić information content (AvgIpc) is 2.72. The van der Waals surface area contributed by atoms with E-state index in [0.29, 0.717) is 24.4 Å². The Morgan fingerprint density at radius 2 is 1.90 bits per heavy atom. The molecule has 0 amide bonds. The number of rotatable bonds is 5. The van der Waals surface area contributed by atoms with Gasteiger partial charge in [0, 0.05) is 30.7 Å². The molecule has 108 valence electrons. The number of thiazole rings is 1. The van der Waals surface area contributed by atoms with E-state index in [0.717, 1.165) is 16.2 Å². The first kappa shape index (κ1) is 15.0. The Hall–Kier alpha value is -1.44. The molecular weight excluding hydrogens is 289 g/mol. The molecule has 7 heteroatoms. The lowest BCUT2D eigenvalue weighted by Gasteiger charge is -2.01. The quantitative estimate of drug-likeness (QED) is 0.921. The minimum atomic E-state index is -0.962. The van der Waals surface area contributed by atoms with Gasteiger partial charge in [0.15, 0.2) is 0 Å². The van der Waals surface area contributed by atoms with Crippen molar-refractivity contribution in [1.82, 2.24) is 10.3 Å². The van der Waals surface area contributed by atoms with Crippen LogP contribution in [0.3, 0.4) is 0 Å². The van der Waals surface area contributed by atoms with E-state index in [1.165, 1.54) is 7.11 Å². The Morgan fingerprint density at radius 3 is 2.45 bits per heavy atom. The molecule has 1 heterocycles. The summed E-state index contributed by atoms with van der Waals surface area (Å²) in [4.78, 5) is 5.02. The molecule has 0 saturated carbocycles. The molecule has 0 unspecified atom stereocenters. The fraction of sp³-hybridized carbons (Fsp3) is 0.308. The summed E-state index contributed by atoms with van der Waals surface area (Å²) < 4.78 is 45.4. The highest BCUT2D eigenvalue weighted by molar-refractivity contribution is 7.15. The lowest BCUT2D eigenvalue weighted by molar-refractivity contribution is 0.181. The van der Waals surface area contributed by atoms with E-state index in [1.807, 2.05) is 0 Å². The topological polar surface area (TPSA) is 34.2 Å². The smallest absolute Gasteiger partial charge is 0.139 e. The van der Waals surface area contributed by atoms with Crippen molar-refractivity contribution < 1.29 is 17.9 Å². The summed E-state index contributed by atoms with van der Waals surface area (Å²) in [5, 5.41) is 3.13. The van der Waals surface area contributed by atoms with Crippen LogP contribution in [0.15, 0.2) is 12.1 Å². The molecule has 0 aliphatic heterocycles. The zero-order chi connectivity index (χ0) is 14.7. The SMILES string of the molecule is CNCc1sc(-c2c(F)cc(F)cc2F)nc1COC. The standard InChI is InChI=1S/C13H13F3N2OS/c1-17-5-11-10(6-19-2)18-13(20-11)12-8(15)3-7(14)4-9(12)16/h3-4,17H,5-6H2,1-2H3. The van der Waals surface area contributed by atoms with Crippen LogP contribution in [0.5, 0.6) is 0 Å². The number of hydrogen-bond acceptors (Lipinski definition) is 4. The lowest BCUT2D eigenvalue weighted by Crippen LogP contribution is -2.06. The van der Waals surface area contributed by atoms with Crippen LogP contribution in [0.2, 0.25) is 0 Å². The number of nitrogens with zero attached hydrogens (tertiary/aromatic N) is 1. The molecule has 3 nitrogen and oxygen atoms in total. The second-order valence-electron chi connectivity index (χ2n) is 4.10. The van der Waals surface area contributed by atoms with E-state index >= 15 is 0 Å². The van der Waals surface area contributed by atoms with Gasteiger partial charge in [0.05, 0.1) is 17.9 Å². The second kappa shape index (κ2) is 6.34. The maximum Gasteiger partial charge on any atom is 0.139 e. The normalized spacial score (nSPS) is 11.1. The highest BCUT2D eigenvalue weighted by Gasteiger charge is 2.19. The summed E-state index contributed by atoms with van der Waals surface area (Å²) in [6.45, 7) is 0.763. The third-order valence-electron chi connectivity index (χ3n) is 2.62. The highest BCUT2D eigenvalue weighted by Crippen LogP contribution is 2.32. The van der Waals surface area contributed by atoms with Crippen LogP contribution < -0.4 is 5.32 Å². The summed E-state index contributed by atoms with van der Waals surface area (Å²) >= 11 is 1.16. The maximum atomic E-state index is 13.7. The van der Waals surface area contributed by atoms with Crippen molar-refractivity contribution in [2.24, 2.45) is 0 Å². The van der Waals surface area contributed by atoms with Crippen LogP contribution in [0.25, 0.3) is 10.6 Å². The number of nitrogens with one attached hydrogen (secondary N) is 1. The summed E-state index contributed by atoms with van der Waals surface area (Å²) in [6.07, 6.45) is 0. The fourth-order valence-corrected chi connectivity index (χ4v) is 2.91. The van der Waals surface area contributed by atoms with E-state index in [1.54, 1.807) is 7.05 Å². The second-order valence-corrected chi connectivity index (χ2v) is 5.18. The van der Waals surface area contributed by atoms with Gasteiger partial charge < -0.3 is 10.1 Å². The van der Waals surface area contributed by atoms with Crippen LogP contribution in [-0.4, -0.2) is 19.1 Å². The van der Waals surface area contributed by atoms with Crippen molar-refractivity contribution in [3.8, 4) is 10.6 Å². The molecule has 0 aliphatic carbocycles. The lowest BCUT2D eigenvalue weighted by atomic mass is 10.2. The first-order valence-electron chi connectivity index (χ1n) is 5.83. The zero-order valence-corrected chi connectivity index (χ0v) is 11.8. The van der Waals surface area contributed by atoms with Gasteiger partial charge in [0.25, 0.3) is 0 Å². The van der Waals surface area contributed by atoms with Gasteiger partial charge in [0.2, 0.25) is 0 Å². The molecule has 1 aromatic heterocycles. The van der Waals surface area contributed by atoms with Crippen molar-refractivity contribution in [2.45, 2.75) is 13.2 Å². The number of hydrogen-bond donors (Lipinski definition) is 1. The molecule has 0 bridgehead atoms. The molecule has 2 aromatic rings. The van der Waals surface area contributed by atoms with Crippen molar-refractivity contribution in [3.05, 3.63) is 40.2 Å². The molecule has 0 aliphatic rings. The predicted octanol–water partition coefficient (Wildman–Crippen LogP) is 3.09. The van der Waals surface area contributed by atoms with Crippen molar-refractivity contribution in [2.75, 3.05) is 14.2 Å². The predicted molar refractivity (Wildman–Crippen MR) is 70.9 cm³/mol. The zero-order valence-electron chi connectivity index (χ0n) is 11.0. The van der Waals surface area contributed by atoms with Crippen LogP contribution in [0.4, 0.5) is 13.2 Å². The molecule has 20 heavy (non-hydrogen) atoms. The fourth-order valence-electron chi connectivity index (χ4n) is 1.78. The van der Waals surface area contributed by atoms with Gasteiger partial charge in [-0.15, -0.1) is 11.3 Å². The van der Waals surface area contributed by atoms with E-state index in [4.69, 9.17) is 4.74 Å². The molecule has 0 fully saturated rings. The summed E-state index contributed by atoms with van der Waals surface area (Å²) in [5.41, 5.74) is 0.307. The van der Waals surface area contributed by atoms with Crippen LogP contribution >= 0.6 is 11.3 Å². The molecule has 0 atom stereocenters. The number of aromatic nitrogens is 1. The molecular formula is C13H13F3N2OS. The number of methoxy groups -OCH3 is 1. The van der Waals surface area contributed by atoms with Crippen LogP contribution in [0, 0.1) is 17.5 Å². The summed E-state index contributed by atoms with van der Waals surface area (Å²) in [7, 11) is 3.27. The number of ether oxygens (including phenoxy) is 1. The summed E-state index contributed by atoms with van der Waals surface area (Å²) in [5.74, 6) is -2.87. The van der Waals surface area contributed by atoms with E-state index in [-0.39, 0.29) is 17.2 Å². The Labute approximate surface area is 118 Å². The Kier molecular flexibility index (Phi) is 4.74. The van der Waals surface area contributed by atoms with Gasteiger partial charge >= 0.3 is 0 Å². The average molecular weight is 302 g/mol. The first-order valence-corrected chi connectivity index (χ1v) is 6.65.